The fraction of sp³-hybridized carbons (Fsp3) is 0.200. The number of benzene rings is 2. The van der Waals surface area contributed by atoms with E-state index < -0.39 is 0 Å². The average Bonchev–Trinajstić information content (AvgIpc) is 2.40. The SMILES string of the molecule is CCNCc1ccc(Sc2ccccc2Cl)cc1Br. The molecule has 0 bridgehead atoms. The Labute approximate surface area is 131 Å². The van der Waals surface area contributed by atoms with Crippen LogP contribution in [0, 0.1) is 0 Å². The second kappa shape index (κ2) is 7.34. The monoisotopic (exact) mass is 355 g/mol. The van der Waals surface area contributed by atoms with Gasteiger partial charge in [-0.15, -0.1) is 0 Å². The molecule has 1 N–H and O–H groups in total. The van der Waals surface area contributed by atoms with Gasteiger partial charge in [-0.05, 0) is 36.4 Å². The van der Waals surface area contributed by atoms with Crippen LogP contribution in [0.1, 0.15) is 12.5 Å². The van der Waals surface area contributed by atoms with E-state index >= 15 is 0 Å². The Balaban J connectivity index is 2.14. The topological polar surface area (TPSA) is 12.0 Å². The van der Waals surface area contributed by atoms with E-state index in [1.165, 1.54) is 10.5 Å². The molecule has 2 aromatic carbocycles. The van der Waals surface area contributed by atoms with Crippen molar-refractivity contribution in [3.05, 3.63) is 57.5 Å². The number of nitrogens with one attached hydrogen (secondary N) is 1. The normalized spacial score (nSPS) is 10.7. The molecule has 0 aliphatic heterocycles. The van der Waals surface area contributed by atoms with Crippen molar-refractivity contribution < 1.29 is 0 Å². The molecular weight excluding hydrogens is 342 g/mol. The predicted molar refractivity (Wildman–Crippen MR) is 87.1 cm³/mol. The van der Waals surface area contributed by atoms with Crippen molar-refractivity contribution in [2.45, 2.75) is 23.3 Å². The largest absolute Gasteiger partial charge is 0.313 e. The van der Waals surface area contributed by atoms with Gasteiger partial charge in [0.25, 0.3) is 0 Å². The third kappa shape index (κ3) is 4.25. The lowest BCUT2D eigenvalue weighted by atomic mass is 10.2. The average molecular weight is 357 g/mol. The van der Waals surface area contributed by atoms with Crippen molar-refractivity contribution in [1.29, 1.82) is 0 Å². The summed E-state index contributed by atoms with van der Waals surface area (Å²) in [5, 5.41) is 4.12. The molecule has 4 heteroatoms. The maximum atomic E-state index is 6.17. The van der Waals surface area contributed by atoms with E-state index in [2.05, 4.69) is 46.4 Å². The van der Waals surface area contributed by atoms with E-state index in [1.807, 2.05) is 24.3 Å². The van der Waals surface area contributed by atoms with Crippen molar-refractivity contribution >= 4 is 39.3 Å². The van der Waals surface area contributed by atoms with Gasteiger partial charge in [0.1, 0.15) is 0 Å². The van der Waals surface area contributed by atoms with E-state index in [0.29, 0.717) is 0 Å². The summed E-state index contributed by atoms with van der Waals surface area (Å²) in [6.45, 7) is 3.96. The summed E-state index contributed by atoms with van der Waals surface area (Å²) >= 11 is 11.5. The van der Waals surface area contributed by atoms with Gasteiger partial charge in [-0.3, -0.25) is 0 Å². The maximum absolute atomic E-state index is 6.17. The molecule has 0 heterocycles. The summed E-state index contributed by atoms with van der Waals surface area (Å²) in [5.41, 5.74) is 1.27. The highest BCUT2D eigenvalue weighted by Crippen LogP contribution is 2.34. The Hall–Kier alpha value is -0.480. The molecule has 0 aliphatic carbocycles. The smallest absolute Gasteiger partial charge is 0.0545 e. The van der Waals surface area contributed by atoms with Crippen LogP contribution in [0.2, 0.25) is 5.02 Å². The van der Waals surface area contributed by atoms with Crippen LogP contribution in [0.15, 0.2) is 56.7 Å². The van der Waals surface area contributed by atoms with Crippen molar-refractivity contribution in [3.63, 3.8) is 0 Å². The molecule has 0 unspecified atom stereocenters. The molecule has 0 atom stereocenters. The first-order valence-corrected chi connectivity index (χ1v) is 8.11. The van der Waals surface area contributed by atoms with Crippen LogP contribution in [0.3, 0.4) is 0 Å². The van der Waals surface area contributed by atoms with E-state index in [9.17, 15) is 0 Å². The van der Waals surface area contributed by atoms with Crippen LogP contribution < -0.4 is 5.32 Å². The standard InChI is InChI=1S/C15H15BrClNS/c1-2-18-10-11-7-8-12(9-13(11)16)19-15-6-4-3-5-14(15)17/h3-9,18H,2,10H2,1H3. The zero-order valence-corrected chi connectivity index (χ0v) is 13.8. The molecule has 0 spiro atoms. The predicted octanol–water partition coefficient (Wildman–Crippen LogP) is 5.36. The lowest BCUT2D eigenvalue weighted by Crippen LogP contribution is -2.11. The van der Waals surface area contributed by atoms with Crippen molar-refractivity contribution in [1.82, 2.24) is 5.32 Å². The Morgan fingerprint density at radius 3 is 2.68 bits per heavy atom. The molecule has 1 nitrogen and oxygen atoms in total. The fourth-order valence-electron chi connectivity index (χ4n) is 1.65. The first-order valence-electron chi connectivity index (χ1n) is 6.12. The highest BCUT2D eigenvalue weighted by molar-refractivity contribution is 9.10. The Morgan fingerprint density at radius 2 is 2.00 bits per heavy atom. The first-order chi connectivity index (χ1) is 9.20. The number of hydrogen-bond donors (Lipinski definition) is 1. The number of hydrogen-bond acceptors (Lipinski definition) is 2. The second-order valence-electron chi connectivity index (χ2n) is 4.07. The molecule has 0 saturated heterocycles. The van der Waals surface area contributed by atoms with E-state index in [4.69, 9.17) is 11.6 Å². The molecule has 2 aromatic rings. The first kappa shape index (κ1) is 14.9. The molecular formula is C15H15BrClNS. The Kier molecular flexibility index (Phi) is 5.76. The molecule has 0 radical (unpaired) electrons. The highest BCUT2D eigenvalue weighted by atomic mass is 79.9. The molecule has 19 heavy (non-hydrogen) atoms. The summed E-state index contributed by atoms with van der Waals surface area (Å²) in [7, 11) is 0. The fourth-order valence-corrected chi connectivity index (χ4v) is 3.45. The molecule has 0 amide bonds. The zero-order chi connectivity index (χ0) is 13.7. The van der Waals surface area contributed by atoms with Crippen LogP contribution >= 0.6 is 39.3 Å². The molecule has 0 saturated carbocycles. The third-order valence-electron chi connectivity index (χ3n) is 2.65. The minimum absolute atomic E-state index is 0.792. The van der Waals surface area contributed by atoms with Crippen LogP contribution in [0.4, 0.5) is 0 Å². The van der Waals surface area contributed by atoms with E-state index in [-0.39, 0.29) is 0 Å². The van der Waals surface area contributed by atoms with Crippen molar-refractivity contribution in [3.8, 4) is 0 Å². The lowest BCUT2D eigenvalue weighted by molar-refractivity contribution is 0.724. The van der Waals surface area contributed by atoms with E-state index in [0.717, 1.165) is 27.5 Å². The van der Waals surface area contributed by atoms with Gasteiger partial charge in [0, 0.05) is 20.8 Å². The quantitative estimate of drug-likeness (QED) is 0.773. The second-order valence-corrected chi connectivity index (χ2v) is 6.44. The van der Waals surface area contributed by atoms with Gasteiger partial charge in [-0.2, -0.15) is 0 Å². The van der Waals surface area contributed by atoms with Crippen LogP contribution in [0.5, 0.6) is 0 Å². The molecule has 100 valence electrons. The van der Waals surface area contributed by atoms with Gasteiger partial charge in [0.05, 0.1) is 5.02 Å². The summed E-state index contributed by atoms with van der Waals surface area (Å²) in [6, 6.07) is 14.3. The lowest BCUT2D eigenvalue weighted by Gasteiger charge is -2.08. The van der Waals surface area contributed by atoms with Crippen molar-refractivity contribution in [2.24, 2.45) is 0 Å². The highest BCUT2D eigenvalue weighted by Gasteiger charge is 2.05. The maximum Gasteiger partial charge on any atom is 0.0545 e. The minimum atomic E-state index is 0.792. The van der Waals surface area contributed by atoms with Gasteiger partial charge in [-0.25, -0.2) is 0 Å². The molecule has 2 rings (SSSR count). The summed E-state index contributed by atoms with van der Waals surface area (Å²) in [6.07, 6.45) is 0. The number of rotatable bonds is 5. The van der Waals surface area contributed by atoms with Gasteiger partial charge < -0.3 is 5.32 Å². The van der Waals surface area contributed by atoms with Gasteiger partial charge >= 0.3 is 0 Å². The molecule has 0 aromatic heterocycles. The van der Waals surface area contributed by atoms with Crippen LogP contribution in [-0.4, -0.2) is 6.54 Å². The minimum Gasteiger partial charge on any atom is -0.313 e. The van der Waals surface area contributed by atoms with Gasteiger partial charge in [0.2, 0.25) is 0 Å². The summed E-state index contributed by atoms with van der Waals surface area (Å²) < 4.78 is 1.13. The van der Waals surface area contributed by atoms with Gasteiger partial charge in [-0.1, -0.05) is 64.4 Å². The Bertz CT molecular complexity index is 560. The van der Waals surface area contributed by atoms with Gasteiger partial charge in [0.15, 0.2) is 0 Å². The van der Waals surface area contributed by atoms with Crippen LogP contribution in [0.25, 0.3) is 0 Å². The molecule has 0 fully saturated rings. The zero-order valence-electron chi connectivity index (χ0n) is 10.6. The number of halogens is 2. The third-order valence-corrected chi connectivity index (χ3v) is 4.90. The summed E-state index contributed by atoms with van der Waals surface area (Å²) in [5.74, 6) is 0. The molecule has 0 aliphatic rings. The Morgan fingerprint density at radius 1 is 1.21 bits per heavy atom. The summed E-state index contributed by atoms with van der Waals surface area (Å²) in [4.78, 5) is 2.26. The van der Waals surface area contributed by atoms with E-state index in [1.54, 1.807) is 11.8 Å². The van der Waals surface area contributed by atoms with Crippen LogP contribution in [-0.2, 0) is 6.54 Å². The van der Waals surface area contributed by atoms with Crippen molar-refractivity contribution in [2.75, 3.05) is 6.54 Å².